The Morgan fingerprint density at radius 1 is 1.11 bits per heavy atom. The van der Waals surface area contributed by atoms with Crippen LogP contribution in [0.5, 0.6) is 0 Å². The van der Waals surface area contributed by atoms with Gasteiger partial charge in [0.15, 0.2) is 5.96 Å². The van der Waals surface area contributed by atoms with Crippen LogP contribution in [0, 0.1) is 6.92 Å². The maximum Gasteiger partial charge on any atom is 0.251 e. The van der Waals surface area contributed by atoms with Crippen LogP contribution >= 0.6 is 24.0 Å². The molecule has 0 saturated carbocycles. The number of aryl methyl sites for hydroxylation is 1. The molecule has 2 aromatic rings. The summed E-state index contributed by atoms with van der Waals surface area (Å²) in [5.41, 5.74) is 4.34. The van der Waals surface area contributed by atoms with E-state index < -0.39 is 0 Å². The van der Waals surface area contributed by atoms with Gasteiger partial charge in [-0.1, -0.05) is 48.9 Å². The number of guanidine groups is 1. The molecule has 0 spiro atoms. The van der Waals surface area contributed by atoms with Crippen molar-refractivity contribution in [2.24, 2.45) is 4.99 Å². The molecule has 1 amide bonds. The average molecular weight is 480 g/mol. The van der Waals surface area contributed by atoms with Crippen LogP contribution in [0.25, 0.3) is 0 Å². The van der Waals surface area contributed by atoms with Crippen LogP contribution in [0.1, 0.15) is 39.9 Å². The van der Waals surface area contributed by atoms with E-state index in [4.69, 9.17) is 0 Å². The SMILES string of the molecule is CN=C(NCc1ccc(C(=O)NC)cc1)NCC(C)c1cccc(C)c1.I. The van der Waals surface area contributed by atoms with Gasteiger partial charge in [-0.2, -0.15) is 0 Å². The van der Waals surface area contributed by atoms with E-state index in [-0.39, 0.29) is 29.9 Å². The molecule has 0 saturated heterocycles. The van der Waals surface area contributed by atoms with Gasteiger partial charge in [0.2, 0.25) is 0 Å². The van der Waals surface area contributed by atoms with Gasteiger partial charge in [-0.05, 0) is 36.1 Å². The first-order chi connectivity index (χ1) is 12.5. The minimum atomic E-state index is -0.0767. The Bertz CT molecular complexity index is 759. The molecule has 1 unspecified atom stereocenters. The van der Waals surface area contributed by atoms with Gasteiger partial charge in [-0.15, -0.1) is 24.0 Å². The summed E-state index contributed by atoms with van der Waals surface area (Å²) in [6, 6.07) is 16.1. The third-order valence-corrected chi connectivity index (χ3v) is 4.31. The third-order valence-electron chi connectivity index (χ3n) is 4.31. The molecule has 0 aliphatic carbocycles. The number of nitrogens with zero attached hydrogens (tertiary/aromatic N) is 1. The summed E-state index contributed by atoms with van der Waals surface area (Å²) in [4.78, 5) is 15.8. The predicted molar refractivity (Wildman–Crippen MR) is 123 cm³/mol. The second-order valence-corrected chi connectivity index (χ2v) is 6.40. The van der Waals surface area contributed by atoms with Gasteiger partial charge in [0.05, 0.1) is 0 Å². The summed E-state index contributed by atoms with van der Waals surface area (Å²) < 4.78 is 0. The Balaban J connectivity index is 0.00000364. The Morgan fingerprint density at radius 2 is 1.81 bits per heavy atom. The molecule has 0 bridgehead atoms. The van der Waals surface area contributed by atoms with Gasteiger partial charge < -0.3 is 16.0 Å². The minimum absolute atomic E-state index is 0. The quantitative estimate of drug-likeness (QED) is 0.337. The van der Waals surface area contributed by atoms with E-state index in [1.165, 1.54) is 11.1 Å². The molecule has 0 aliphatic heterocycles. The van der Waals surface area contributed by atoms with Crippen LogP contribution in [-0.2, 0) is 6.54 Å². The summed E-state index contributed by atoms with van der Waals surface area (Å²) in [5, 5.41) is 9.30. The first kappa shape index (κ1) is 23.0. The zero-order valence-corrected chi connectivity index (χ0v) is 18.7. The number of halogens is 1. The topological polar surface area (TPSA) is 65.5 Å². The number of rotatable bonds is 6. The first-order valence-corrected chi connectivity index (χ1v) is 8.85. The van der Waals surface area contributed by atoms with Crippen molar-refractivity contribution >= 4 is 35.8 Å². The van der Waals surface area contributed by atoms with Crippen molar-refractivity contribution in [3.63, 3.8) is 0 Å². The maximum atomic E-state index is 11.6. The first-order valence-electron chi connectivity index (χ1n) is 8.85. The second kappa shape index (κ2) is 11.6. The van der Waals surface area contributed by atoms with Gasteiger partial charge in [0, 0.05) is 32.7 Å². The summed E-state index contributed by atoms with van der Waals surface area (Å²) in [5.74, 6) is 1.08. The van der Waals surface area contributed by atoms with Gasteiger partial charge in [0.1, 0.15) is 0 Å². The van der Waals surface area contributed by atoms with Crippen molar-refractivity contribution in [2.75, 3.05) is 20.6 Å². The van der Waals surface area contributed by atoms with Crippen molar-refractivity contribution in [3.8, 4) is 0 Å². The number of carbonyl (C=O) groups excluding carboxylic acids is 1. The van der Waals surface area contributed by atoms with Crippen LogP contribution in [0.4, 0.5) is 0 Å². The molecule has 0 aromatic heterocycles. The number of benzene rings is 2. The summed E-state index contributed by atoms with van der Waals surface area (Å²) in [7, 11) is 3.40. The van der Waals surface area contributed by atoms with Crippen LogP contribution in [-0.4, -0.2) is 32.5 Å². The van der Waals surface area contributed by atoms with E-state index in [1.807, 2.05) is 24.3 Å². The van der Waals surface area contributed by atoms with Crippen LogP contribution < -0.4 is 16.0 Å². The van der Waals surface area contributed by atoms with E-state index in [0.717, 1.165) is 18.1 Å². The highest BCUT2D eigenvalue weighted by Crippen LogP contribution is 2.15. The Hall–Kier alpha value is -2.09. The molecule has 0 heterocycles. The predicted octanol–water partition coefficient (Wildman–Crippen LogP) is 3.44. The Morgan fingerprint density at radius 3 is 2.41 bits per heavy atom. The van der Waals surface area contributed by atoms with Gasteiger partial charge in [-0.3, -0.25) is 9.79 Å². The molecule has 3 N–H and O–H groups in total. The lowest BCUT2D eigenvalue weighted by molar-refractivity contribution is 0.0963. The maximum absolute atomic E-state index is 11.6. The molecule has 2 rings (SSSR count). The Labute approximate surface area is 179 Å². The number of amides is 1. The lowest BCUT2D eigenvalue weighted by Crippen LogP contribution is -2.38. The van der Waals surface area contributed by atoms with E-state index in [2.05, 4.69) is 59.1 Å². The van der Waals surface area contributed by atoms with Crippen molar-refractivity contribution in [3.05, 3.63) is 70.8 Å². The average Bonchev–Trinajstić information content (AvgIpc) is 2.67. The van der Waals surface area contributed by atoms with Crippen molar-refractivity contribution in [2.45, 2.75) is 26.3 Å². The van der Waals surface area contributed by atoms with E-state index >= 15 is 0 Å². The molecule has 2 aromatic carbocycles. The number of hydrogen-bond donors (Lipinski definition) is 3. The van der Waals surface area contributed by atoms with Gasteiger partial charge >= 0.3 is 0 Å². The number of aliphatic imine (C=N–C) groups is 1. The molecular formula is C21H29IN4O. The minimum Gasteiger partial charge on any atom is -0.356 e. The molecular weight excluding hydrogens is 451 g/mol. The van der Waals surface area contributed by atoms with Gasteiger partial charge in [0.25, 0.3) is 5.91 Å². The van der Waals surface area contributed by atoms with Gasteiger partial charge in [-0.25, -0.2) is 0 Å². The molecule has 0 aliphatic rings. The molecule has 0 radical (unpaired) electrons. The largest absolute Gasteiger partial charge is 0.356 e. The zero-order valence-electron chi connectivity index (χ0n) is 16.4. The Kier molecular flexibility index (Phi) is 9.85. The molecule has 27 heavy (non-hydrogen) atoms. The zero-order chi connectivity index (χ0) is 18.9. The normalized spacial score (nSPS) is 11.9. The molecule has 6 heteroatoms. The fourth-order valence-electron chi connectivity index (χ4n) is 2.67. The monoisotopic (exact) mass is 480 g/mol. The number of nitrogens with one attached hydrogen (secondary N) is 3. The van der Waals surface area contributed by atoms with Crippen molar-refractivity contribution < 1.29 is 4.79 Å². The lowest BCUT2D eigenvalue weighted by atomic mass is 9.99. The molecule has 5 nitrogen and oxygen atoms in total. The lowest BCUT2D eigenvalue weighted by Gasteiger charge is -2.17. The van der Waals surface area contributed by atoms with E-state index in [9.17, 15) is 4.79 Å². The number of hydrogen-bond acceptors (Lipinski definition) is 2. The second-order valence-electron chi connectivity index (χ2n) is 6.40. The van der Waals surface area contributed by atoms with Crippen molar-refractivity contribution in [1.82, 2.24) is 16.0 Å². The van der Waals surface area contributed by atoms with E-state index in [0.29, 0.717) is 18.0 Å². The fraction of sp³-hybridized carbons (Fsp3) is 0.333. The summed E-state index contributed by atoms with van der Waals surface area (Å²) >= 11 is 0. The fourth-order valence-corrected chi connectivity index (χ4v) is 2.67. The standard InChI is InChI=1S/C21H28N4O.HI/c1-15-6-5-7-19(12-15)16(2)13-24-21(23-4)25-14-17-8-10-18(11-9-17)20(26)22-3;/h5-12,16H,13-14H2,1-4H3,(H,22,26)(H2,23,24,25);1H. The summed E-state index contributed by atoms with van der Waals surface area (Å²) in [6.07, 6.45) is 0. The highest BCUT2D eigenvalue weighted by molar-refractivity contribution is 14.0. The smallest absolute Gasteiger partial charge is 0.251 e. The molecule has 146 valence electrons. The number of carbonyl (C=O) groups is 1. The van der Waals surface area contributed by atoms with Crippen LogP contribution in [0.15, 0.2) is 53.5 Å². The van der Waals surface area contributed by atoms with E-state index in [1.54, 1.807) is 14.1 Å². The molecule has 1 atom stereocenters. The highest BCUT2D eigenvalue weighted by atomic mass is 127. The van der Waals surface area contributed by atoms with Crippen molar-refractivity contribution in [1.29, 1.82) is 0 Å². The molecule has 0 fully saturated rings. The highest BCUT2D eigenvalue weighted by Gasteiger charge is 2.07. The summed E-state index contributed by atoms with van der Waals surface area (Å²) in [6.45, 7) is 5.76. The van der Waals surface area contributed by atoms with Crippen LogP contribution in [0.3, 0.4) is 0 Å². The third kappa shape index (κ3) is 7.21. The van der Waals surface area contributed by atoms with Crippen LogP contribution in [0.2, 0.25) is 0 Å².